The van der Waals surface area contributed by atoms with E-state index >= 15 is 0 Å². The Bertz CT molecular complexity index is 277. The first-order valence-electron chi connectivity index (χ1n) is 5.34. The Morgan fingerprint density at radius 3 is 3.07 bits per heavy atom. The molecule has 1 aromatic rings. The molecule has 78 valence electrons. The SMILES string of the molecule is Nc1ccn(CCCNCC2CC2)n1. The molecule has 4 heteroatoms. The molecule has 1 saturated carbocycles. The summed E-state index contributed by atoms with van der Waals surface area (Å²) in [4.78, 5) is 0. The van der Waals surface area contributed by atoms with E-state index in [0.29, 0.717) is 5.82 Å². The second-order valence-electron chi connectivity index (χ2n) is 4.00. The molecule has 0 atom stereocenters. The van der Waals surface area contributed by atoms with E-state index in [-0.39, 0.29) is 0 Å². The van der Waals surface area contributed by atoms with Gasteiger partial charge in [-0.25, -0.2) is 0 Å². The van der Waals surface area contributed by atoms with Crippen molar-refractivity contribution in [1.29, 1.82) is 0 Å². The van der Waals surface area contributed by atoms with Crippen molar-refractivity contribution >= 4 is 5.82 Å². The minimum Gasteiger partial charge on any atom is -0.382 e. The number of aryl methyl sites for hydroxylation is 1. The van der Waals surface area contributed by atoms with Gasteiger partial charge >= 0.3 is 0 Å². The summed E-state index contributed by atoms with van der Waals surface area (Å²) in [5.74, 6) is 1.58. The topological polar surface area (TPSA) is 55.9 Å². The van der Waals surface area contributed by atoms with Crippen LogP contribution >= 0.6 is 0 Å². The third-order valence-electron chi connectivity index (χ3n) is 2.53. The highest BCUT2D eigenvalue weighted by molar-refractivity contribution is 5.23. The van der Waals surface area contributed by atoms with Crippen molar-refractivity contribution in [3.05, 3.63) is 12.3 Å². The van der Waals surface area contributed by atoms with Crippen LogP contribution in [0.4, 0.5) is 5.82 Å². The van der Waals surface area contributed by atoms with Crippen LogP contribution in [0.25, 0.3) is 0 Å². The lowest BCUT2D eigenvalue weighted by molar-refractivity contribution is 0.536. The Labute approximate surface area is 84.5 Å². The number of anilines is 1. The Kier molecular flexibility index (Phi) is 3.03. The van der Waals surface area contributed by atoms with E-state index in [1.165, 1.54) is 19.4 Å². The van der Waals surface area contributed by atoms with Crippen molar-refractivity contribution < 1.29 is 0 Å². The fourth-order valence-electron chi connectivity index (χ4n) is 1.50. The van der Waals surface area contributed by atoms with Crippen LogP contribution in [-0.4, -0.2) is 22.9 Å². The van der Waals surface area contributed by atoms with Crippen molar-refractivity contribution in [3.8, 4) is 0 Å². The molecule has 0 aliphatic heterocycles. The molecule has 0 unspecified atom stereocenters. The summed E-state index contributed by atoms with van der Waals surface area (Å²) in [6.07, 6.45) is 5.88. The molecule has 2 rings (SSSR count). The number of nitrogens with two attached hydrogens (primary N) is 1. The van der Waals surface area contributed by atoms with Crippen LogP contribution in [0.15, 0.2) is 12.3 Å². The van der Waals surface area contributed by atoms with Gasteiger partial charge < -0.3 is 11.1 Å². The van der Waals surface area contributed by atoms with Crippen LogP contribution in [-0.2, 0) is 6.54 Å². The van der Waals surface area contributed by atoms with Crippen LogP contribution in [0.3, 0.4) is 0 Å². The van der Waals surface area contributed by atoms with Gasteiger partial charge in [0.05, 0.1) is 0 Å². The van der Waals surface area contributed by atoms with Crippen molar-refractivity contribution in [2.75, 3.05) is 18.8 Å². The van der Waals surface area contributed by atoms with Crippen molar-refractivity contribution in [2.45, 2.75) is 25.8 Å². The van der Waals surface area contributed by atoms with Gasteiger partial charge in [0.1, 0.15) is 5.82 Å². The van der Waals surface area contributed by atoms with Crippen LogP contribution < -0.4 is 11.1 Å². The van der Waals surface area contributed by atoms with Gasteiger partial charge in [-0.05, 0) is 44.3 Å². The second-order valence-corrected chi connectivity index (χ2v) is 4.00. The molecule has 14 heavy (non-hydrogen) atoms. The fourth-order valence-corrected chi connectivity index (χ4v) is 1.50. The third-order valence-corrected chi connectivity index (χ3v) is 2.53. The van der Waals surface area contributed by atoms with Gasteiger partial charge in [0.25, 0.3) is 0 Å². The summed E-state index contributed by atoms with van der Waals surface area (Å²) >= 11 is 0. The van der Waals surface area contributed by atoms with Gasteiger partial charge in [0.2, 0.25) is 0 Å². The zero-order chi connectivity index (χ0) is 9.80. The molecule has 0 spiro atoms. The Morgan fingerprint density at radius 2 is 2.43 bits per heavy atom. The number of aromatic nitrogens is 2. The predicted octanol–water partition coefficient (Wildman–Crippen LogP) is 0.855. The number of nitrogen functional groups attached to an aromatic ring is 1. The highest BCUT2D eigenvalue weighted by atomic mass is 15.3. The molecule has 0 radical (unpaired) electrons. The number of hydrogen-bond donors (Lipinski definition) is 2. The van der Waals surface area contributed by atoms with E-state index in [0.717, 1.165) is 25.4 Å². The summed E-state index contributed by atoms with van der Waals surface area (Å²) < 4.78 is 1.90. The average Bonchev–Trinajstić information content (AvgIpc) is 2.89. The molecule has 3 N–H and O–H groups in total. The number of rotatable bonds is 6. The van der Waals surface area contributed by atoms with E-state index in [4.69, 9.17) is 5.73 Å². The summed E-state index contributed by atoms with van der Waals surface area (Å²) in [6.45, 7) is 3.23. The fraction of sp³-hybridized carbons (Fsp3) is 0.700. The standard InChI is InChI=1S/C10H18N4/c11-10-4-7-14(13-10)6-1-5-12-8-9-2-3-9/h4,7,9,12H,1-3,5-6,8H2,(H2,11,13). The molecular formula is C10H18N4. The quantitative estimate of drug-likeness (QED) is 0.660. The maximum atomic E-state index is 5.51. The van der Waals surface area contributed by atoms with E-state index in [2.05, 4.69) is 10.4 Å². The molecule has 0 amide bonds. The summed E-state index contributed by atoms with van der Waals surface area (Å²) in [5.41, 5.74) is 5.51. The Balaban J connectivity index is 1.53. The molecule has 1 fully saturated rings. The largest absolute Gasteiger partial charge is 0.382 e. The molecule has 0 bridgehead atoms. The monoisotopic (exact) mass is 194 g/mol. The molecule has 4 nitrogen and oxygen atoms in total. The minimum atomic E-state index is 0.607. The van der Waals surface area contributed by atoms with Gasteiger partial charge in [-0.15, -0.1) is 0 Å². The van der Waals surface area contributed by atoms with Crippen molar-refractivity contribution in [2.24, 2.45) is 5.92 Å². The molecule has 0 saturated heterocycles. The van der Waals surface area contributed by atoms with E-state index in [1.54, 1.807) is 0 Å². The lowest BCUT2D eigenvalue weighted by atomic mass is 10.4. The normalized spacial score (nSPS) is 16.0. The van der Waals surface area contributed by atoms with Crippen LogP contribution in [0.5, 0.6) is 0 Å². The van der Waals surface area contributed by atoms with Crippen LogP contribution in [0.2, 0.25) is 0 Å². The first-order valence-corrected chi connectivity index (χ1v) is 5.34. The third kappa shape index (κ3) is 3.03. The first kappa shape index (κ1) is 9.52. The summed E-state index contributed by atoms with van der Waals surface area (Å²) in [7, 11) is 0. The van der Waals surface area contributed by atoms with E-state index in [1.807, 2.05) is 16.9 Å². The lowest BCUT2D eigenvalue weighted by Crippen LogP contribution is -2.19. The lowest BCUT2D eigenvalue weighted by Gasteiger charge is -2.03. The van der Waals surface area contributed by atoms with Crippen LogP contribution in [0, 0.1) is 5.92 Å². The molecule has 1 aliphatic rings. The van der Waals surface area contributed by atoms with Gasteiger partial charge in [-0.1, -0.05) is 0 Å². The molecular weight excluding hydrogens is 176 g/mol. The van der Waals surface area contributed by atoms with Gasteiger partial charge in [-0.3, -0.25) is 4.68 Å². The number of nitrogens with one attached hydrogen (secondary N) is 1. The average molecular weight is 194 g/mol. The highest BCUT2D eigenvalue weighted by Crippen LogP contribution is 2.27. The number of nitrogens with zero attached hydrogens (tertiary/aromatic N) is 2. The number of hydrogen-bond acceptors (Lipinski definition) is 3. The maximum Gasteiger partial charge on any atom is 0.145 e. The minimum absolute atomic E-state index is 0.607. The van der Waals surface area contributed by atoms with Gasteiger partial charge in [-0.2, -0.15) is 5.10 Å². The summed E-state index contributed by atoms with van der Waals surface area (Å²) in [5, 5.41) is 7.57. The maximum absolute atomic E-state index is 5.51. The molecule has 1 aliphatic carbocycles. The summed E-state index contributed by atoms with van der Waals surface area (Å²) in [6, 6.07) is 1.83. The van der Waals surface area contributed by atoms with E-state index < -0.39 is 0 Å². The Morgan fingerprint density at radius 1 is 1.57 bits per heavy atom. The zero-order valence-corrected chi connectivity index (χ0v) is 8.45. The van der Waals surface area contributed by atoms with Gasteiger partial charge in [0, 0.05) is 12.7 Å². The van der Waals surface area contributed by atoms with Crippen molar-refractivity contribution in [3.63, 3.8) is 0 Å². The zero-order valence-electron chi connectivity index (χ0n) is 8.45. The molecule has 1 heterocycles. The second kappa shape index (κ2) is 4.46. The molecule has 1 aromatic heterocycles. The van der Waals surface area contributed by atoms with E-state index in [9.17, 15) is 0 Å². The smallest absolute Gasteiger partial charge is 0.145 e. The molecule has 0 aromatic carbocycles. The Hall–Kier alpha value is -1.03. The predicted molar refractivity (Wildman–Crippen MR) is 56.9 cm³/mol. The highest BCUT2D eigenvalue weighted by Gasteiger charge is 2.19. The first-order chi connectivity index (χ1) is 6.84. The van der Waals surface area contributed by atoms with Crippen LogP contribution in [0.1, 0.15) is 19.3 Å². The van der Waals surface area contributed by atoms with Gasteiger partial charge in [0.15, 0.2) is 0 Å². The van der Waals surface area contributed by atoms with Crippen molar-refractivity contribution in [1.82, 2.24) is 15.1 Å².